The Bertz CT molecular complexity index is 857. The van der Waals surface area contributed by atoms with Gasteiger partial charge in [0.05, 0.1) is 9.80 Å². The molecule has 1 aliphatic rings. The maximum absolute atomic E-state index is 12.3. The molecule has 9 heteroatoms. The first-order chi connectivity index (χ1) is 13.5. The van der Waals surface area contributed by atoms with Gasteiger partial charge in [-0.25, -0.2) is 0 Å². The van der Waals surface area contributed by atoms with Gasteiger partial charge in [-0.1, -0.05) is 18.6 Å². The third-order valence-corrected chi connectivity index (χ3v) is 5.79. The summed E-state index contributed by atoms with van der Waals surface area (Å²) in [6.07, 6.45) is 5.60. The third kappa shape index (κ3) is 5.07. The molecule has 1 aromatic carbocycles. The molecule has 0 aliphatic heterocycles. The Balaban J connectivity index is 1.44. The van der Waals surface area contributed by atoms with Crippen molar-refractivity contribution in [3.63, 3.8) is 0 Å². The first-order valence-corrected chi connectivity index (χ1v) is 10.0. The van der Waals surface area contributed by atoms with Crippen molar-refractivity contribution in [1.29, 1.82) is 0 Å². The van der Waals surface area contributed by atoms with E-state index in [-0.39, 0.29) is 30.5 Å². The highest BCUT2D eigenvalue weighted by Gasteiger charge is 2.17. The van der Waals surface area contributed by atoms with Crippen molar-refractivity contribution < 1.29 is 14.5 Å². The highest BCUT2D eigenvalue weighted by atomic mass is 32.1. The Labute approximate surface area is 166 Å². The van der Waals surface area contributed by atoms with Gasteiger partial charge < -0.3 is 5.32 Å². The van der Waals surface area contributed by atoms with E-state index in [9.17, 15) is 19.7 Å². The number of hydrogen-bond acceptors (Lipinski definition) is 6. The van der Waals surface area contributed by atoms with Gasteiger partial charge in [0.15, 0.2) is 0 Å². The van der Waals surface area contributed by atoms with Crippen LogP contribution in [0.5, 0.6) is 0 Å². The van der Waals surface area contributed by atoms with Gasteiger partial charge in [-0.2, -0.15) is 0 Å². The Morgan fingerprint density at radius 3 is 2.71 bits per heavy atom. The number of nitro groups is 1. The number of fused-ring (bicyclic) bond motifs is 1. The van der Waals surface area contributed by atoms with E-state index in [4.69, 9.17) is 0 Å². The molecule has 0 saturated heterocycles. The molecule has 1 aromatic heterocycles. The zero-order valence-electron chi connectivity index (χ0n) is 15.3. The second-order valence-electron chi connectivity index (χ2n) is 6.57. The summed E-state index contributed by atoms with van der Waals surface area (Å²) in [6.45, 7) is 0.208. The van der Waals surface area contributed by atoms with Crippen molar-refractivity contribution in [3.05, 3.63) is 55.8 Å². The normalized spacial score (nSPS) is 13.1. The lowest BCUT2D eigenvalue weighted by Crippen LogP contribution is -2.41. The van der Waals surface area contributed by atoms with Gasteiger partial charge in [0.25, 0.3) is 11.6 Å². The Morgan fingerprint density at radius 1 is 1.11 bits per heavy atom. The number of benzene rings is 1. The number of amides is 2. The van der Waals surface area contributed by atoms with Crippen LogP contribution in [0.1, 0.15) is 45.8 Å². The van der Waals surface area contributed by atoms with Crippen LogP contribution in [0, 0.1) is 10.1 Å². The van der Waals surface area contributed by atoms with Gasteiger partial charge in [0.1, 0.15) is 5.69 Å². The van der Waals surface area contributed by atoms with Gasteiger partial charge in [-0.05, 0) is 43.4 Å². The van der Waals surface area contributed by atoms with Crippen LogP contribution < -0.4 is 16.2 Å². The molecule has 2 amide bonds. The van der Waals surface area contributed by atoms with Crippen LogP contribution in [-0.2, 0) is 17.6 Å². The minimum absolute atomic E-state index is 0.0475. The summed E-state index contributed by atoms with van der Waals surface area (Å²) in [5, 5.41) is 13.8. The minimum atomic E-state index is -0.481. The smallest absolute Gasteiger partial charge is 0.292 e. The largest absolute Gasteiger partial charge is 0.379 e. The lowest BCUT2D eigenvalue weighted by molar-refractivity contribution is -0.384. The predicted octanol–water partition coefficient (Wildman–Crippen LogP) is 3.19. The lowest BCUT2D eigenvalue weighted by Gasteiger charge is -2.08. The molecule has 8 nitrogen and oxygen atoms in total. The quantitative estimate of drug-likeness (QED) is 0.390. The number of nitrogens with one attached hydrogen (secondary N) is 3. The van der Waals surface area contributed by atoms with Crippen molar-refractivity contribution in [2.24, 2.45) is 0 Å². The van der Waals surface area contributed by atoms with Gasteiger partial charge >= 0.3 is 0 Å². The predicted molar refractivity (Wildman–Crippen MR) is 107 cm³/mol. The molecule has 0 atom stereocenters. The van der Waals surface area contributed by atoms with Gasteiger partial charge in [0.2, 0.25) is 5.91 Å². The van der Waals surface area contributed by atoms with Gasteiger partial charge in [0, 0.05) is 23.9 Å². The molecule has 3 N–H and O–H groups in total. The van der Waals surface area contributed by atoms with E-state index >= 15 is 0 Å². The average molecular weight is 402 g/mol. The maximum Gasteiger partial charge on any atom is 0.292 e. The van der Waals surface area contributed by atoms with Crippen LogP contribution in [0.2, 0.25) is 0 Å². The first kappa shape index (κ1) is 19.8. The van der Waals surface area contributed by atoms with Crippen molar-refractivity contribution in [3.8, 4) is 0 Å². The number of thiophene rings is 1. The number of nitro benzene ring substituents is 1. The molecule has 2 aromatic rings. The summed E-state index contributed by atoms with van der Waals surface area (Å²) in [5.41, 5.74) is 6.38. The van der Waals surface area contributed by atoms with Crippen molar-refractivity contribution in [1.82, 2.24) is 10.9 Å². The van der Waals surface area contributed by atoms with Crippen molar-refractivity contribution >= 4 is 34.5 Å². The van der Waals surface area contributed by atoms with E-state index in [1.54, 1.807) is 18.2 Å². The molecule has 3 rings (SSSR count). The van der Waals surface area contributed by atoms with E-state index in [2.05, 4.69) is 16.2 Å². The summed E-state index contributed by atoms with van der Waals surface area (Å²) >= 11 is 1.49. The van der Waals surface area contributed by atoms with Crippen molar-refractivity contribution in [2.45, 2.75) is 38.5 Å². The molecule has 0 bridgehead atoms. The standard InChI is InChI=1S/C19H22N4O4S/c24-18(10-11-20-14-7-4-5-8-15(14)23(26)27)21-22-19(25)17-12-13-6-2-1-3-9-16(13)28-17/h4-5,7-8,12,20H,1-3,6,9-11H2,(H,21,24)(H,22,25). The molecule has 1 aliphatic carbocycles. The lowest BCUT2D eigenvalue weighted by atomic mass is 10.1. The second kappa shape index (κ2) is 9.32. The number of carbonyl (C=O) groups is 2. The Morgan fingerprint density at radius 2 is 1.89 bits per heavy atom. The molecule has 28 heavy (non-hydrogen) atoms. The summed E-state index contributed by atoms with van der Waals surface area (Å²) < 4.78 is 0. The van der Waals surface area contributed by atoms with Crippen LogP contribution in [-0.4, -0.2) is 23.3 Å². The average Bonchev–Trinajstić information content (AvgIpc) is 2.97. The van der Waals surface area contributed by atoms with E-state index in [1.165, 1.54) is 34.3 Å². The van der Waals surface area contributed by atoms with E-state index in [0.717, 1.165) is 25.7 Å². The molecular weight excluding hydrogens is 380 g/mol. The second-order valence-corrected chi connectivity index (χ2v) is 7.71. The first-order valence-electron chi connectivity index (χ1n) is 9.22. The van der Waals surface area contributed by atoms with Crippen LogP contribution in [0.15, 0.2) is 30.3 Å². The van der Waals surface area contributed by atoms with Crippen LogP contribution >= 0.6 is 11.3 Å². The number of anilines is 1. The zero-order chi connectivity index (χ0) is 19.9. The Kier molecular flexibility index (Phi) is 6.59. The molecule has 0 saturated carbocycles. The fourth-order valence-electron chi connectivity index (χ4n) is 3.12. The zero-order valence-corrected chi connectivity index (χ0v) is 16.1. The van der Waals surface area contributed by atoms with E-state index in [1.807, 2.05) is 6.07 Å². The fourth-order valence-corrected chi connectivity index (χ4v) is 4.27. The summed E-state index contributed by atoms with van der Waals surface area (Å²) in [7, 11) is 0. The highest BCUT2D eigenvalue weighted by Crippen LogP contribution is 2.28. The molecular formula is C19H22N4O4S. The van der Waals surface area contributed by atoms with Gasteiger partial charge in [-0.15, -0.1) is 11.3 Å². The molecule has 148 valence electrons. The van der Waals surface area contributed by atoms with E-state index < -0.39 is 4.92 Å². The number of hydrazine groups is 1. The fraction of sp³-hybridized carbons (Fsp3) is 0.368. The SMILES string of the molecule is O=C(CCNc1ccccc1[N+](=O)[O-])NNC(=O)c1cc2c(s1)CCCCC2. The number of hydrogen-bond donors (Lipinski definition) is 3. The number of aryl methyl sites for hydroxylation is 2. The molecule has 1 heterocycles. The summed E-state index contributed by atoms with van der Waals surface area (Å²) in [4.78, 5) is 36.5. The number of nitrogens with zero attached hydrogens (tertiary/aromatic N) is 1. The van der Waals surface area contributed by atoms with Gasteiger partial charge in [-0.3, -0.25) is 30.6 Å². The topological polar surface area (TPSA) is 113 Å². The van der Waals surface area contributed by atoms with Crippen LogP contribution in [0.25, 0.3) is 0 Å². The van der Waals surface area contributed by atoms with Crippen LogP contribution in [0.4, 0.5) is 11.4 Å². The number of rotatable bonds is 6. The Hall–Kier alpha value is -2.94. The van der Waals surface area contributed by atoms with Crippen LogP contribution in [0.3, 0.4) is 0 Å². The molecule has 0 fully saturated rings. The van der Waals surface area contributed by atoms with Crippen molar-refractivity contribution in [2.75, 3.05) is 11.9 Å². The number of para-hydroxylation sites is 2. The minimum Gasteiger partial charge on any atom is -0.379 e. The monoisotopic (exact) mass is 402 g/mol. The molecule has 0 spiro atoms. The summed E-state index contributed by atoms with van der Waals surface area (Å²) in [5.74, 6) is -0.698. The summed E-state index contributed by atoms with van der Waals surface area (Å²) in [6, 6.07) is 8.15. The molecule has 0 unspecified atom stereocenters. The maximum atomic E-state index is 12.3. The third-order valence-electron chi connectivity index (χ3n) is 4.55. The highest BCUT2D eigenvalue weighted by molar-refractivity contribution is 7.14. The number of carbonyl (C=O) groups excluding carboxylic acids is 2. The van der Waals surface area contributed by atoms with E-state index in [0.29, 0.717) is 10.6 Å². The molecule has 0 radical (unpaired) electrons.